The van der Waals surface area contributed by atoms with Crippen molar-refractivity contribution in [1.29, 1.82) is 0 Å². The topological polar surface area (TPSA) is 27.7 Å². The molecule has 0 fully saturated rings. The number of halogens is 1. The average molecular weight is 267 g/mol. The Morgan fingerprint density at radius 2 is 1.41 bits per heavy atom. The van der Waals surface area contributed by atoms with Crippen molar-refractivity contribution >= 4 is 11.6 Å². The van der Waals surface area contributed by atoms with Crippen molar-refractivity contribution in [1.82, 2.24) is 0 Å². The van der Waals surface area contributed by atoms with Gasteiger partial charge in [-0.1, -0.05) is 13.8 Å². The number of alkyl halides is 1. The largest absolute Gasteiger partial charge is 0.382 e. The van der Waals surface area contributed by atoms with E-state index in [0.717, 1.165) is 13.0 Å². The fourth-order valence-corrected chi connectivity index (χ4v) is 2.19. The van der Waals surface area contributed by atoms with Crippen molar-refractivity contribution in [3.63, 3.8) is 0 Å². The van der Waals surface area contributed by atoms with Gasteiger partial charge in [-0.05, 0) is 25.2 Å². The van der Waals surface area contributed by atoms with Gasteiger partial charge in [-0.2, -0.15) is 0 Å². The minimum atomic E-state index is 0.205. The van der Waals surface area contributed by atoms with Crippen LogP contribution < -0.4 is 0 Å². The van der Waals surface area contributed by atoms with Crippen LogP contribution in [0.5, 0.6) is 0 Å². The van der Waals surface area contributed by atoms with E-state index in [0.29, 0.717) is 38.3 Å². The van der Waals surface area contributed by atoms with Crippen LogP contribution in [0.15, 0.2) is 0 Å². The minimum absolute atomic E-state index is 0.205. The average Bonchev–Trinajstić information content (AvgIpc) is 2.26. The number of hydrogen-bond donors (Lipinski definition) is 0. The predicted molar refractivity (Wildman–Crippen MR) is 71.8 cm³/mol. The summed E-state index contributed by atoms with van der Waals surface area (Å²) in [6.45, 7) is 9.77. The lowest BCUT2D eigenvalue weighted by atomic mass is 9.90. The Morgan fingerprint density at radius 3 is 1.88 bits per heavy atom. The fraction of sp³-hybridized carbons (Fsp3) is 1.00. The molecule has 104 valence electrons. The van der Waals surface area contributed by atoms with Gasteiger partial charge in [0.05, 0.1) is 26.4 Å². The highest BCUT2D eigenvalue weighted by molar-refractivity contribution is 6.20. The highest BCUT2D eigenvalue weighted by atomic mass is 35.5. The van der Waals surface area contributed by atoms with Gasteiger partial charge >= 0.3 is 0 Å². The van der Waals surface area contributed by atoms with E-state index in [1.807, 2.05) is 0 Å². The van der Waals surface area contributed by atoms with Crippen molar-refractivity contribution in [2.24, 2.45) is 11.8 Å². The van der Waals surface area contributed by atoms with Gasteiger partial charge in [0, 0.05) is 19.1 Å². The lowest BCUT2D eigenvalue weighted by Crippen LogP contribution is -2.20. The standard InChI is InChI=1S/C13H27ClO3/c1-11(2)13(12(3)14)5-6-16-9-10-17-8-7-15-4/h11-13H,5-10H2,1-4H3. The number of methoxy groups -OCH3 is 1. The van der Waals surface area contributed by atoms with Crippen LogP contribution in [0.2, 0.25) is 0 Å². The molecule has 2 atom stereocenters. The van der Waals surface area contributed by atoms with E-state index in [9.17, 15) is 0 Å². The van der Waals surface area contributed by atoms with Gasteiger partial charge in [0.1, 0.15) is 0 Å². The zero-order valence-electron chi connectivity index (χ0n) is 11.6. The molecule has 17 heavy (non-hydrogen) atoms. The summed E-state index contributed by atoms with van der Waals surface area (Å²) in [4.78, 5) is 0. The molecule has 4 heteroatoms. The molecule has 0 spiro atoms. The molecular weight excluding hydrogens is 240 g/mol. The quantitative estimate of drug-likeness (QED) is 0.425. The number of ether oxygens (including phenoxy) is 3. The highest BCUT2D eigenvalue weighted by Gasteiger charge is 2.18. The molecule has 0 saturated carbocycles. The van der Waals surface area contributed by atoms with E-state index >= 15 is 0 Å². The molecule has 0 aliphatic heterocycles. The molecule has 0 bridgehead atoms. The van der Waals surface area contributed by atoms with Gasteiger partial charge < -0.3 is 14.2 Å². The molecule has 0 aromatic carbocycles. The predicted octanol–water partition coefficient (Wildman–Crippen LogP) is 2.96. The number of rotatable bonds is 11. The van der Waals surface area contributed by atoms with Gasteiger partial charge in [0.25, 0.3) is 0 Å². The summed E-state index contributed by atoms with van der Waals surface area (Å²) in [6, 6.07) is 0. The summed E-state index contributed by atoms with van der Waals surface area (Å²) in [5, 5.41) is 0.205. The molecule has 0 aliphatic rings. The Morgan fingerprint density at radius 1 is 0.882 bits per heavy atom. The third-order valence-electron chi connectivity index (χ3n) is 2.85. The van der Waals surface area contributed by atoms with Gasteiger partial charge in [0.15, 0.2) is 0 Å². The molecule has 0 radical (unpaired) electrons. The second-order valence-corrected chi connectivity index (χ2v) is 5.28. The minimum Gasteiger partial charge on any atom is -0.382 e. The van der Waals surface area contributed by atoms with Crippen LogP contribution in [0.4, 0.5) is 0 Å². The highest BCUT2D eigenvalue weighted by Crippen LogP contribution is 2.23. The monoisotopic (exact) mass is 266 g/mol. The smallest absolute Gasteiger partial charge is 0.0701 e. The van der Waals surface area contributed by atoms with Crippen LogP contribution in [0, 0.1) is 11.8 Å². The maximum absolute atomic E-state index is 6.14. The molecular formula is C13H27ClO3. The molecule has 0 N–H and O–H groups in total. The lowest BCUT2D eigenvalue weighted by Gasteiger charge is -2.23. The first-order valence-electron chi connectivity index (χ1n) is 6.38. The van der Waals surface area contributed by atoms with E-state index in [-0.39, 0.29) is 5.38 Å². The van der Waals surface area contributed by atoms with Crippen LogP contribution in [0.1, 0.15) is 27.2 Å². The van der Waals surface area contributed by atoms with Crippen molar-refractivity contribution in [2.45, 2.75) is 32.6 Å². The summed E-state index contributed by atoms with van der Waals surface area (Å²) in [6.07, 6.45) is 1.01. The summed E-state index contributed by atoms with van der Waals surface area (Å²) in [7, 11) is 1.67. The van der Waals surface area contributed by atoms with Crippen molar-refractivity contribution < 1.29 is 14.2 Å². The molecule has 0 rings (SSSR count). The first-order chi connectivity index (χ1) is 8.09. The van der Waals surface area contributed by atoms with Gasteiger partial charge in [-0.15, -0.1) is 11.6 Å². The van der Waals surface area contributed by atoms with Crippen LogP contribution in [-0.2, 0) is 14.2 Å². The summed E-state index contributed by atoms with van der Waals surface area (Å²) < 4.78 is 15.7. The van der Waals surface area contributed by atoms with E-state index in [1.165, 1.54) is 0 Å². The SMILES string of the molecule is COCCOCCOCCC(C(C)C)C(C)Cl. The first kappa shape index (κ1) is 17.2. The Labute approximate surface area is 111 Å². The van der Waals surface area contributed by atoms with Crippen molar-refractivity contribution in [3.8, 4) is 0 Å². The van der Waals surface area contributed by atoms with Crippen LogP contribution in [0.25, 0.3) is 0 Å². The van der Waals surface area contributed by atoms with Gasteiger partial charge in [-0.25, -0.2) is 0 Å². The maximum Gasteiger partial charge on any atom is 0.0701 e. The second kappa shape index (κ2) is 11.3. The van der Waals surface area contributed by atoms with Gasteiger partial charge in [-0.3, -0.25) is 0 Å². The second-order valence-electron chi connectivity index (χ2n) is 4.59. The molecule has 0 aromatic rings. The molecule has 0 heterocycles. The fourth-order valence-electron chi connectivity index (χ4n) is 1.78. The zero-order chi connectivity index (χ0) is 13.1. The van der Waals surface area contributed by atoms with Crippen LogP contribution in [-0.4, -0.2) is 45.5 Å². The Balaban J connectivity index is 3.37. The number of hydrogen-bond acceptors (Lipinski definition) is 3. The maximum atomic E-state index is 6.14. The lowest BCUT2D eigenvalue weighted by molar-refractivity contribution is 0.0206. The first-order valence-corrected chi connectivity index (χ1v) is 6.81. The van der Waals surface area contributed by atoms with E-state index < -0.39 is 0 Å². The molecule has 3 nitrogen and oxygen atoms in total. The molecule has 0 aromatic heterocycles. The molecule has 0 saturated heterocycles. The molecule has 0 amide bonds. The van der Waals surface area contributed by atoms with Gasteiger partial charge in [0.2, 0.25) is 0 Å². The van der Waals surface area contributed by atoms with E-state index in [2.05, 4.69) is 20.8 Å². The Hall–Kier alpha value is 0.170. The molecule has 2 unspecified atom stereocenters. The van der Waals surface area contributed by atoms with E-state index in [4.69, 9.17) is 25.8 Å². The Kier molecular flexibility index (Phi) is 11.4. The normalized spacial score (nSPS) is 15.2. The van der Waals surface area contributed by atoms with Crippen molar-refractivity contribution in [2.75, 3.05) is 40.1 Å². The summed E-state index contributed by atoms with van der Waals surface area (Å²) in [5.41, 5.74) is 0. The Bertz CT molecular complexity index is 155. The van der Waals surface area contributed by atoms with Crippen LogP contribution in [0.3, 0.4) is 0 Å². The third kappa shape index (κ3) is 9.83. The van der Waals surface area contributed by atoms with E-state index in [1.54, 1.807) is 7.11 Å². The van der Waals surface area contributed by atoms with Crippen LogP contribution >= 0.6 is 11.6 Å². The summed E-state index contributed by atoms with van der Waals surface area (Å²) >= 11 is 6.14. The molecule has 0 aliphatic carbocycles. The summed E-state index contributed by atoms with van der Waals surface area (Å²) in [5.74, 6) is 1.12. The zero-order valence-corrected chi connectivity index (χ0v) is 12.3. The third-order valence-corrected chi connectivity index (χ3v) is 3.17. The van der Waals surface area contributed by atoms with Crippen molar-refractivity contribution in [3.05, 3.63) is 0 Å².